The summed E-state index contributed by atoms with van der Waals surface area (Å²) in [6.07, 6.45) is 4.21. The first-order valence-corrected chi connectivity index (χ1v) is 7.01. The molecule has 1 aliphatic carbocycles. The zero-order valence-electron chi connectivity index (χ0n) is 10.1. The first kappa shape index (κ1) is 12.6. The van der Waals surface area contributed by atoms with Gasteiger partial charge >= 0.3 is 0 Å². The maximum absolute atomic E-state index is 11.8. The van der Waals surface area contributed by atoms with Gasteiger partial charge in [-0.3, -0.25) is 4.79 Å². The van der Waals surface area contributed by atoms with Gasteiger partial charge in [-0.1, -0.05) is 12.8 Å². The lowest BCUT2D eigenvalue weighted by atomic mass is 10.0. The number of hydrogen-bond acceptors (Lipinski definition) is 3. The second kappa shape index (κ2) is 5.65. The van der Waals surface area contributed by atoms with Crippen molar-refractivity contribution in [2.24, 2.45) is 5.92 Å². The molecule has 1 aliphatic rings. The summed E-state index contributed by atoms with van der Waals surface area (Å²) in [6.45, 7) is 2.36. The molecule has 0 bridgehead atoms. The molecular weight excluding hydrogens is 234 g/mol. The fourth-order valence-corrected chi connectivity index (χ4v) is 3.13. The van der Waals surface area contributed by atoms with Gasteiger partial charge in [0.2, 0.25) is 0 Å². The van der Waals surface area contributed by atoms with Gasteiger partial charge < -0.3 is 10.4 Å². The molecule has 1 fully saturated rings. The highest BCUT2D eigenvalue weighted by molar-refractivity contribution is 7.13. The second-order valence-corrected chi connectivity index (χ2v) is 6.02. The summed E-state index contributed by atoms with van der Waals surface area (Å²) in [6, 6.07) is 3.77. The highest BCUT2D eigenvalue weighted by Crippen LogP contribution is 2.27. The Kier molecular flexibility index (Phi) is 4.18. The van der Waals surface area contributed by atoms with Crippen molar-refractivity contribution >= 4 is 17.2 Å². The number of aliphatic hydroxyl groups is 1. The SMILES string of the molecule is Cc1ccc(C(=O)NCC(O)C2CCCC2)s1. The van der Waals surface area contributed by atoms with Crippen molar-refractivity contribution in [2.45, 2.75) is 38.7 Å². The van der Waals surface area contributed by atoms with Crippen molar-refractivity contribution in [2.75, 3.05) is 6.54 Å². The Bertz CT molecular complexity index is 383. The minimum absolute atomic E-state index is 0.0693. The molecule has 2 rings (SSSR count). The van der Waals surface area contributed by atoms with Crippen LogP contribution in [0.3, 0.4) is 0 Å². The molecular formula is C13H19NO2S. The Morgan fingerprint density at radius 1 is 1.53 bits per heavy atom. The van der Waals surface area contributed by atoms with Crippen molar-refractivity contribution in [1.29, 1.82) is 0 Å². The first-order valence-electron chi connectivity index (χ1n) is 6.19. The molecule has 17 heavy (non-hydrogen) atoms. The van der Waals surface area contributed by atoms with Gasteiger partial charge in [-0.25, -0.2) is 0 Å². The summed E-state index contributed by atoms with van der Waals surface area (Å²) in [5.74, 6) is 0.306. The molecule has 2 N–H and O–H groups in total. The molecule has 4 heteroatoms. The predicted octanol–water partition coefficient (Wildman–Crippen LogP) is 2.34. The van der Waals surface area contributed by atoms with Gasteiger partial charge in [0.05, 0.1) is 11.0 Å². The average molecular weight is 253 g/mol. The number of rotatable bonds is 4. The lowest BCUT2D eigenvalue weighted by Crippen LogP contribution is -2.35. The van der Waals surface area contributed by atoms with Crippen LogP contribution in [0.1, 0.15) is 40.2 Å². The molecule has 1 aromatic heterocycles. The van der Waals surface area contributed by atoms with Gasteiger partial charge in [0.15, 0.2) is 0 Å². The number of aliphatic hydroxyl groups excluding tert-OH is 1. The Morgan fingerprint density at radius 2 is 2.24 bits per heavy atom. The number of carbonyl (C=O) groups is 1. The summed E-state index contributed by atoms with van der Waals surface area (Å²) in [4.78, 5) is 13.6. The second-order valence-electron chi connectivity index (χ2n) is 4.73. The zero-order valence-corrected chi connectivity index (χ0v) is 10.9. The van der Waals surface area contributed by atoms with E-state index < -0.39 is 0 Å². The van der Waals surface area contributed by atoms with E-state index in [1.807, 2.05) is 19.1 Å². The van der Waals surface area contributed by atoms with Crippen molar-refractivity contribution in [3.05, 3.63) is 21.9 Å². The highest BCUT2D eigenvalue weighted by Gasteiger charge is 2.23. The molecule has 0 aliphatic heterocycles. The summed E-state index contributed by atoms with van der Waals surface area (Å²) in [5, 5.41) is 12.7. The van der Waals surface area contributed by atoms with Crippen LogP contribution in [0.25, 0.3) is 0 Å². The third-order valence-electron chi connectivity index (χ3n) is 3.38. The average Bonchev–Trinajstić information content (AvgIpc) is 2.95. The fraction of sp³-hybridized carbons (Fsp3) is 0.615. The molecule has 1 heterocycles. The van der Waals surface area contributed by atoms with Crippen LogP contribution < -0.4 is 5.32 Å². The van der Waals surface area contributed by atoms with Crippen LogP contribution >= 0.6 is 11.3 Å². The number of carbonyl (C=O) groups excluding carboxylic acids is 1. The maximum Gasteiger partial charge on any atom is 0.261 e. The Labute approximate surface area is 106 Å². The predicted molar refractivity (Wildman–Crippen MR) is 69.4 cm³/mol. The molecule has 0 spiro atoms. The van der Waals surface area contributed by atoms with Crippen molar-refractivity contribution in [3.63, 3.8) is 0 Å². The Balaban J connectivity index is 1.79. The van der Waals surface area contributed by atoms with Crippen LogP contribution in [0.15, 0.2) is 12.1 Å². The number of nitrogens with one attached hydrogen (secondary N) is 1. The maximum atomic E-state index is 11.8. The number of aryl methyl sites for hydroxylation is 1. The normalized spacial score (nSPS) is 18.2. The van der Waals surface area contributed by atoms with E-state index in [1.54, 1.807) is 0 Å². The van der Waals surface area contributed by atoms with E-state index in [-0.39, 0.29) is 12.0 Å². The Hall–Kier alpha value is -0.870. The third-order valence-corrected chi connectivity index (χ3v) is 4.38. The van der Waals surface area contributed by atoms with E-state index in [0.717, 1.165) is 22.6 Å². The molecule has 0 saturated heterocycles. The molecule has 1 atom stereocenters. The summed E-state index contributed by atoms with van der Waals surface area (Å²) in [7, 11) is 0. The van der Waals surface area contributed by atoms with Gasteiger partial charge in [0.1, 0.15) is 0 Å². The van der Waals surface area contributed by atoms with Crippen molar-refractivity contribution < 1.29 is 9.90 Å². The number of amides is 1. The van der Waals surface area contributed by atoms with Crippen molar-refractivity contribution in [3.8, 4) is 0 Å². The third kappa shape index (κ3) is 3.30. The zero-order chi connectivity index (χ0) is 12.3. The number of thiophene rings is 1. The minimum Gasteiger partial charge on any atom is -0.391 e. The van der Waals surface area contributed by atoms with E-state index in [0.29, 0.717) is 12.5 Å². The smallest absolute Gasteiger partial charge is 0.261 e. The van der Waals surface area contributed by atoms with Gasteiger partial charge in [0, 0.05) is 11.4 Å². The summed E-state index contributed by atoms with van der Waals surface area (Å²) in [5.41, 5.74) is 0. The van der Waals surface area contributed by atoms with E-state index in [4.69, 9.17) is 0 Å². The van der Waals surface area contributed by atoms with Gasteiger partial charge in [0.25, 0.3) is 5.91 Å². The van der Waals surface area contributed by atoms with Crippen LogP contribution in [0.5, 0.6) is 0 Å². The Morgan fingerprint density at radius 3 is 2.82 bits per heavy atom. The lowest BCUT2D eigenvalue weighted by Gasteiger charge is -2.17. The molecule has 0 aromatic carbocycles. The van der Waals surface area contributed by atoms with Gasteiger partial charge in [-0.05, 0) is 37.8 Å². The molecule has 3 nitrogen and oxygen atoms in total. The minimum atomic E-state index is -0.387. The summed E-state index contributed by atoms with van der Waals surface area (Å²) >= 11 is 1.49. The van der Waals surface area contributed by atoms with E-state index in [9.17, 15) is 9.90 Å². The van der Waals surface area contributed by atoms with Crippen LogP contribution in [-0.2, 0) is 0 Å². The number of hydrogen-bond donors (Lipinski definition) is 2. The standard InChI is InChI=1S/C13H19NO2S/c1-9-6-7-12(17-9)13(16)14-8-11(15)10-4-2-3-5-10/h6-7,10-11,15H,2-5,8H2,1H3,(H,14,16). The van der Waals surface area contributed by atoms with E-state index in [1.165, 1.54) is 24.2 Å². The van der Waals surface area contributed by atoms with E-state index >= 15 is 0 Å². The molecule has 1 aromatic rings. The highest BCUT2D eigenvalue weighted by atomic mass is 32.1. The topological polar surface area (TPSA) is 49.3 Å². The molecule has 1 saturated carbocycles. The van der Waals surface area contributed by atoms with Crippen LogP contribution in [-0.4, -0.2) is 23.7 Å². The first-order chi connectivity index (χ1) is 8.16. The van der Waals surface area contributed by atoms with E-state index in [2.05, 4.69) is 5.32 Å². The lowest BCUT2D eigenvalue weighted by molar-refractivity contribution is 0.0844. The molecule has 1 unspecified atom stereocenters. The van der Waals surface area contributed by atoms with Crippen LogP contribution in [0.4, 0.5) is 0 Å². The molecule has 94 valence electrons. The van der Waals surface area contributed by atoms with Gasteiger partial charge in [-0.2, -0.15) is 0 Å². The largest absolute Gasteiger partial charge is 0.391 e. The van der Waals surface area contributed by atoms with Gasteiger partial charge in [-0.15, -0.1) is 11.3 Å². The van der Waals surface area contributed by atoms with Crippen LogP contribution in [0.2, 0.25) is 0 Å². The summed E-state index contributed by atoms with van der Waals surface area (Å²) < 4.78 is 0. The molecule has 1 amide bonds. The monoisotopic (exact) mass is 253 g/mol. The quantitative estimate of drug-likeness (QED) is 0.865. The van der Waals surface area contributed by atoms with Crippen LogP contribution in [0, 0.1) is 12.8 Å². The fourth-order valence-electron chi connectivity index (χ4n) is 2.35. The molecule has 0 radical (unpaired) electrons. The van der Waals surface area contributed by atoms with Crippen molar-refractivity contribution in [1.82, 2.24) is 5.32 Å².